The number of hydrogen-bond acceptors (Lipinski definition) is 3. The minimum Gasteiger partial charge on any atom is -0.762 e. The Morgan fingerprint density at radius 1 is 1.62 bits per heavy atom. The standard InChI is InChI=1S/C7H3N4O2/c8-2-4(3-9)7-10-5(12)1-6(13)11-7/h1H2,(H,10,11,12,13)/q-1. The first-order valence-electron chi connectivity index (χ1n) is 3.26. The number of nitrogens with zero attached hydrogens (tertiary/aromatic N) is 3. The van der Waals surface area contributed by atoms with Crippen molar-refractivity contribution in [1.29, 1.82) is 5.26 Å². The van der Waals surface area contributed by atoms with E-state index < -0.39 is 11.8 Å². The molecule has 6 heteroatoms. The molecule has 0 aromatic heterocycles. The first-order valence-corrected chi connectivity index (χ1v) is 3.26. The summed E-state index contributed by atoms with van der Waals surface area (Å²) in [6.07, 6.45) is -0.340. The van der Waals surface area contributed by atoms with Gasteiger partial charge >= 0.3 is 0 Å². The highest BCUT2D eigenvalue weighted by Gasteiger charge is 2.19. The van der Waals surface area contributed by atoms with E-state index in [1.54, 1.807) is 0 Å². The molecule has 1 heterocycles. The SMILES string of the molecule is N#CC(=C=[N-])C1=NC(=O)CC(=O)N1. The van der Waals surface area contributed by atoms with Crippen LogP contribution in [0, 0.1) is 11.3 Å². The first kappa shape index (κ1) is 8.84. The number of amides is 2. The van der Waals surface area contributed by atoms with Crippen LogP contribution in [0.2, 0.25) is 0 Å². The molecule has 0 aromatic rings. The lowest BCUT2D eigenvalue weighted by atomic mass is 10.2. The third-order valence-electron chi connectivity index (χ3n) is 1.27. The van der Waals surface area contributed by atoms with Gasteiger partial charge in [-0.15, -0.1) is 0 Å². The van der Waals surface area contributed by atoms with Crippen molar-refractivity contribution < 1.29 is 9.59 Å². The van der Waals surface area contributed by atoms with E-state index in [1.807, 2.05) is 0 Å². The Morgan fingerprint density at radius 3 is 2.77 bits per heavy atom. The molecule has 0 radical (unpaired) electrons. The smallest absolute Gasteiger partial charge is 0.257 e. The molecule has 0 atom stereocenters. The van der Waals surface area contributed by atoms with Crippen molar-refractivity contribution in [2.45, 2.75) is 6.42 Å². The molecule has 1 aliphatic rings. The number of amidine groups is 1. The minimum atomic E-state index is -0.651. The van der Waals surface area contributed by atoms with Crippen LogP contribution < -0.4 is 5.32 Å². The average Bonchev–Trinajstić information content (AvgIpc) is 2.04. The third-order valence-corrected chi connectivity index (χ3v) is 1.27. The summed E-state index contributed by atoms with van der Waals surface area (Å²) in [6.45, 7) is 0. The molecule has 0 saturated heterocycles. The van der Waals surface area contributed by atoms with Gasteiger partial charge in [0.2, 0.25) is 5.91 Å². The van der Waals surface area contributed by atoms with Gasteiger partial charge in [-0.05, 0) is 0 Å². The summed E-state index contributed by atoms with van der Waals surface area (Å²) in [6, 6.07) is 1.52. The Labute approximate surface area is 73.1 Å². The lowest BCUT2D eigenvalue weighted by Crippen LogP contribution is -2.37. The molecular formula is C7H3N4O2-. The van der Waals surface area contributed by atoms with Crippen molar-refractivity contribution >= 4 is 23.5 Å². The Balaban J connectivity index is 3.07. The number of nitriles is 1. The largest absolute Gasteiger partial charge is 0.762 e. The molecule has 2 amide bonds. The van der Waals surface area contributed by atoms with Crippen molar-refractivity contribution in [3.8, 4) is 6.07 Å². The molecule has 64 valence electrons. The first-order chi connectivity index (χ1) is 6.17. The summed E-state index contributed by atoms with van der Waals surface area (Å²) in [4.78, 5) is 24.9. The summed E-state index contributed by atoms with van der Waals surface area (Å²) in [7, 11) is 0. The molecule has 1 rings (SSSR count). The lowest BCUT2D eigenvalue weighted by Gasteiger charge is -2.10. The number of rotatable bonds is 1. The number of carbonyl (C=O) groups excluding carboxylic acids is 2. The zero-order valence-corrected chi connectivity index (χ0v) is 6.37. The topological polar surface area (TPSA) is 105 Å². The maximum absolute atomic E-state index is 10.8. The van der Waals surface area contributed by atoms with E-state index in [0.717, 1.165) is 0 Å². The van der Waals surface area contributed by atoms with Crippen molar-refractivity contribution in [2.75, 3.05) is 0 Å². The van der Waals surface area contributed by atoms with Crippen LogP contribution in [-0.2, 0) is 9.59 Å². The number of nitrogens with one attached hydrogen (secondary N) is 1. The summed E-state index contributed by atoms with van der Waals surface area (Å²) in [5.74, 6) is 0.0537. The highest BCUT2D eigenvalue weighted by Crippen LogP contribution is 1.99. The fraction of sp³-hybridized carbons (Fsp3) is 0.143. The highest BCUT2D eigenvalue weighted by molar-refractivity contribution is 6.23. The average molecular weight is 175 g/mol. The second kappa shape index (κ2) is 3.43. The molecule has 0 fully saturated rings. The molecule has 1 N–H and O–H groups in total. The van der Waals surface area contributed by atoms with E-state index in [-0.39, 0.29) is 17.8 Å². The summed E-state index contributed by atoms with van der Waals surface area (Å²) in [5, 5.41) is 19.0. The van der Waals surface area contributed by atoms with Crippen molar-refractivity contribution in [3.05, 3.63) is 11.0 Å². The van der Waals surface area contributed by atoms with Gasteiger partial charge in [0.15, 0.2) is 5.84 Å². The molecule has 6 nitrogen and oxygen atoms in total. The number of carbonyl (C=O) groups is 2. The number of hydrogen-bond donors (Lipinski definition) is 1. The Bertz CT molecular complexity index is 395. The molecule has 1 aliphatic heterocycles. The van der Waals surface area contributed by atoms with Crippen LogP contribution in [0.5, 0.6) is 0 Å². The van der Waals surface area contributed by atoms with Gasteiger partial charge < -0.3 is 10.7 Å². The molecular weight excluding hydrogens is 172 g/mol. The predicted octanol–water partition coefficient (Wildman–Crippen LogP) is -0.880. The predicted molar refractivity (Wildman–Crippen MR) is 42.7 cm³/mol. The third kappa shape index (κ3) is 1.86. The van der Waals surface area contributed by atoms with E-state index in [9.17, 15) is 9.59 Å². The van der Waals surface area contributed by atoms with E-state index in [4.69, 9.17) is 10.7 Å². The Kier molecular flexibility index (Phi) is 2.33. The zero-order chi connectivity index (χ0) is 9.84. The van der Waals surface area contributed by atoms with E-state index >= 15 is 0 Å². The van der Waals surface area contributed by atoms with Crippen LogP contribution >= 0.6 is 0 Å². The van der Waals surface area contributed by atoms with Crippen molar-refractivity contribution in [2.24, 2.45) is 4.99 Å². The molecule has 0 aromatic carbocycles. The van der Waals surface area contributed by atoms with Gasteiger partial charge in [0, 0.05) is 0 Å². The molecule has 0 spiro atoms. The van der Waals surface area contributed by atoms with Crippen molar-refractivity contribution in [1.82, 2.24) is 5.32 Å². The summed E-state index contributed by atoms with van der Waals surface area (Å²) < 4.78 is 0. The fourth-order valence-corrected chi connectivity index (χ4v) is 0.755. The molecule has 0 unspecified atom stereocenters. The lowest BCUT2D eigenvalue weighted by molar-refractivity contribution is -0.127. The molecule has 0 bridgehead atoms. The minimum absolute atomic E-state index is 0.258. The van der Waals surface area contributed by atoms with Crippen LogP contribution in [0.1, 0.15) is 6.42 Å². The van der Waals surface area contributed by atoms with Gasteiger partial charge in [0.25, 0.3) is 5.91 Å². The molecule has 0 aliphatic carbocycles. The second-order valence-electron chi connectivity index (χ2n) is 2.18. The fourth-order valence-electron chi connectivity index (χ4n) is 0.755. The molecule has 13 heavy (non-hydrogen) atoms. The maximum Gasteiger partial charge on any atom is 0.257 e. The number of aliphatic imine (C=N–C) groups is 1. The van der Waals surface area contributed by atoms with Crippen LogP contribution in [0.15, 0.2) is 10.6 Å². The Morgan fingerprint density at radius 2 is 2.31 bits per heavy atom. The summed E-state index contributed by atoms with van der Waals surface area (Å²) in [5.41, 5.74) is -0.374. The van der Waals surface area contributed by atoms with Crippen LogP contribution in [0.4, 0.5) is 0 Å². The van der Waals surface area contributed by atoms with Gasteiger partial charge in [-0.2, -0.15) is 10.3 Å². The van der Waals surface area contributed by atoms with Crippen LogP contribution in [-0.4, -0.2) is 23.5 Å². The monoisotopic (exact) mass is 175 g/mol. The van der Waals surface area contributed by atoms with Gasteiger partial charge in [-0.25, -0.2) is 5.87 Å². The maximum atomic E-state index is 10.8. The van der Waals surface area contributed by atoms with E-state index in [0.29, 0.717) is 0 Å². The van der Waals surface area contributed by atoms with Crippen molar-refractivity contribution in [3.63, 3.8) is 0 Å². The van der Waals surface area contributed by atoms with Gasteiger partial charge in [-0.3, -0.25) is 9.59 Å². The second-order valence-corrected chi connectivity index (χ2v) is 2.18. The van der Waals surface area contributed by atoms with Crippen LogP contribution in [0.25, 0.3) is 5.41 Å². The normalized spacial score (nSPS) is 15.2. The van der Waals surface area contributed by atoms with Gasteiger partial charge in [-0.1, -0.05) is 0 Å². The van der Waals surface area contributed by atoms with E-state index in [1.165, 1.54) is 11.9 Å². The van der Waals surface area contributed by atoms with Crippen LogP contribution in [0.3, 0.4) is 0 Å². The Hall–Kier alpha value is -2.25. The molecule has 0 saturated carbocycles. The quantitative estimate of drug-likeness (QED) is 0.317. The highest BCUT2D eigenvalue weighted by atomic mass is 16.2. The van der Waals surface area contributed by atoms with Gasteiger partial charge in [0.1, 0.15) is 18.1 Å². The summed E-state index contributed by atoms with van der Waals surface area (Å²) >= 11 is 0. The zero-order valence-electron chi connectivity index (χ0n) is 6.37. The van der Waals surface area contributed by atoms with Gasteiger partial charge in [0.05, 0.1) is 0 Å². The van der Waals surface area contributed by atoms with E-state index in [2.05, 4.69) is 10.3 Å².